The number of rotatable bonds is 8. The van der Waals surface area contributed by atoms with E-state index in [0.717, 1.165) is 15.7 Å². The van der Waals surface area contributed by atoms with Crippen molar-refractivity contribution in [2.75, 3.05) is 12.4 Å². The first-order chi connectivity index (χ1) is 16.7. The van der Waals surface area contributed by atoms with E-state index < -0.39 is 21.4 Å². The third-order valence-electron chi connectivity index (χ3n) is 5.27. The van der Waals surface area contributed by atoms with Gasteiger partial charge in [-0.05, 0) is 47.5 Å². The maximum Gasteiger partial charge on any atom is 0.355 e. The number of nitrogens with one attached hydrogen (secondary N) is 1. The summed E-state index contributed by atoms with van der Waals surface area (Å²) in [6.45, 7) is 0.194. The number of hydrogen-bond donors (Lipinski definition) is 2. The van der Waals surface area contributed by atoms with Gasteiger partial charge in [0.1, 0.15) is 5.75 Å². The molecule has 3 N–H and O–H groups in total. The molecule has 0 radical (unpaired) electrons. The maximum absolute atomic E-state index is 13.4. The number of anilines is 2. The van der Waals surface area contributed by atoms with Gasteiger partial charge in [-0.2, -0.15) is 4.98 Å². The van der Waals surface area contributed by atoms with Gasteiger partial charge in [0, 0.05) is 5.69 Å². The normalized spacial score (nSPS) is 11.3. The molecule has 0 aliphatic carbocycles. The minimum Gasteiger partial charge on any atom is -0.497 e. The predicted octanol–water partition coefficient (Wildman–Crippen LogP) is 1.90. The van der Waals surface area contributed by atoms with Crippen LogP contribution in [0, 0.1) is 0 Å². The quantitative estimate of drug-likeness (QED) is 0.382. The van der Waals surface area contributed by atoms with Crippen LogP contribution >= 0.6 is 0 Å². The summed E-state index contributed by atoms with van der Waals surface area (Å²) in [5.74, 6) is 0.685. The van der Waals surface area contributed by atoms with E-state index in [4.69, 9.17) is 9.88 Å². The number of primary sulfonamides is 1. The van der Waals surface area contributed by atoms with Gasteiger partial charge in [0.25, 0.3) is 0 Å². The van der Waals surface area contributed by atoms with Crippen molar-refractivity contribution in [1.82, 2.24) is 14.1 Å². The molecule has 4 aromatic rings. The van der Waals surface area contributed by atoms with E-state index in [1.165, 1.54) is 28.8 Å². The summed E-state index contributed by atoms with van der Waals surface area (Å²) in [5, 5.41) is 8.10. The average Bonchev–Trinajstić information content (AvgIpc) is 2.85. The van der Waals surface area contributed by atoms with Gasteiger partial charge in [-0.25, -0.2) is 27.7 Å². The zero-order valence-corrected chi connectivity index (χ0v) is 19.6. The Kier molecular flexibility index (Phi) is 6.80. The monoisotopic (exact) mass is 493 g/mol. The molecule has 10 nitrogen and oxygen atoms in total. The number of sulfonamides is 1. The number of hydrogen-bond acceptors (Lipinski definition) is 7. The van der Waals surface area contributed by atoms with Crippen molar-refractivity contribution in [2.24, 2.45) is 5.14 Å². The first kappa shape index (κ1) is 23.9. The molecule has 0 saturated heterocycles. The lowest BCUT2D eigenvalue weighted by Gasteiger charge is -2.16. The molecular weight excluding hydrogens is 470 g/mol. The van der Waals surface area contributed by atoms with Crippen molar-refractivity contribution < 1.29 is 13.2 Å². The Morgan fingerprint density at radius 3 is 2.06 bits per heavy atom. The fraction of sp³-hybridized carbons (Fsp3) is 0.125. The van der Waals surface area contributed by atoms with Crippen LogP contribution in [0.15, 0.2) is 93.3 Å². The molecule has 1 aromatic heterocycles. The zero-order valence-electron chi connectivity index (χ0n) is 18.8. The third kappa shape index (κ3) is 5.65. The Bertz CT molecular complexity index is 1550. The van der Waals surface area contributed by atoms with Gasteiger partial charge in [-0.1, -0.05) is 42.5 Å². The number of methoxy groups -OCH3 is 1. The average molecular weight is 494 g/mol. The minimum atomic E-state index is -3.86. The third-order valence-corrected chi connectivity index (χ3v) is 6.20. The van der Waals surface area contributed by atoms with Crippen molar-refractivity contribution in [2.45, 2.75) is 18.0 Å². The first-order valence-electron chi connectivity index (χ1n) is 10.5. The van der Waals surface area contributed by atoms with Crippen LogP contribution in [-0.4, -0.2) is 29.6 Å². The van der Waals surface area contributed by atoms with Gasteiger partial charge < -0.3 is 10.1 Å². The van der Waals surface area contributed by atoms with Crippen molar-refractivity contribution in [3.63, 3.8) is 0 Å². The van der Waals surface area contributed by atoms with Crippen molar-refractivity contribution >= 4 is 21.7 Å². The summed E-state index contributed by atoms with van der Waals surface area (Å²) in [6, 6.07) is 21.9. The molecular formula is C24H23N5O5S. The van der Waals surface area contributed by atoms with E-state index in [-0.39, 0.29) is 23.9 Å². The van der Waals surface area contributed by atoms with Gasteiger partial charge >= 0.3 is 11.4 Å². The minimum absolute atomic E-state index is 0.0171. The van der Waals surface area contributed by atoms with Crippen molar-refractivity contribution in [3.8, 4) is 5.75 Å². The lowest BCUT2D eigenvalue weighted by atomic mass is 10.2. The van der Waals surface area contributed by atoms with Gasteiger partial charge in [-0.15, -0.1) is 0 Å². The number of ether oxygens (including phenoxy) is 1. The topological polar surface area (TPSA) is 138 Å². The van der Waals surface area contributed by atoms with Crippen molar-refractivity contribution in [1.29, 1.82) is 0 Å². The smallest absolute Gasteiger partial charge is 0.355 e. The summed E-state index contributed by atoms with van der Waals surface area (Å²) in [5.41, 5.74) is 0.728. The molecule has 0 bridgehead atoms. The van der Waals surface area contributed by atoms with E-state index in [9.17, 15) is 18.0 Å². The highest BCUT2D eigenvalue weighted by Gasteiger charge is 2.15. The SMILES string of the molecule is COc1ccc(Cn2c(Nc3ccc(S(N)(=O)=O)cc3)nc(=O)n(Cc3ccccc3)c2=O)cc1. The van der Waals surface area contributed by atoms with Gasteiger partial charge in [0.15, 0.2) is 0 Å². The molecule has 0 aliphatic heterocycles. The Balaban J connectivity index is 1.76. The summed E-state index contributed by atoms with van der Waals surface area (Å²) in [7, 11) is -2.30. The second kappa shape index (κ2) is 9.95. The van der Waals surface area contributed by atoms with Gasteiger partial charge in [0.2, 0.25) is 16.0 Å². The number of nitrogens with two attached hydrogens (primary N) is 1. The first-order valence-corrected chi connectivity index (χ1v) is 12.1. The zero-order chi connectivity index (χ0) is 25.0. The van der Waals surface area contributed by atoms with E-state index in [0.29, 0.717) is 11.4 Å². The summed E-state index contributed by atoms with van der Waals surface area (Å²) < 4.78 is 30.7. The molecule has 0 amide bonds. The summed E-state index contributed by atoms with van der Waals surface area (Å²) in [4.78, 5) is 30.3. The molecule has 1 heterocycles. The molecule has 0 saturated carbocycles. The van der Waals surface area contributed by atoms with Crippen LogP contribution in [0.1, 0.15) is 11.1 Å². The predicted molar refractivity (Wildman–Crippen MR) is 131 cm³/mol. The van der Waals surface area contributed by atoms with Crippen LogP contribution in [0.3, 0.4) is 0 Å². The van der Waals surface area contributed by atoms with Crippen LogP contribution in [0.4, 0.5) is 11.6 Å². The van der Waals surface area contributed by atoms with Crippen molar-refractivity contribution in [3.05, 3.63) is 111 Å². The highest BCUT2D eigenvalue weighted by molar-refractivity contribution is 7.89. The molecule has 3 aromatic carbocycles. The van der Waals surface area contributed by atoms with E-state index >= 15 is 0 Å². The second-order valence-electron chi connectivity index (χ2n) is 7.70. The van der Waals surface area contributed by atoms with E-state index in [1.807, 2.05) is 42.5 Å². The Labute approximate surface area is 201 Å². The number of benzene rings is 3. The van der Waals surface area contributed by atoms with Crippen LogP contribution in [0.25, 0.3) is 0 Å². The van der Waals surface area contributed by atoms with Crippen LogP contribution in [-0.2, 0) is 23.1 Å². The molecule has 0 atom stereocenters. The fourth-order valence-corrected chi connectivity index (χ4v) is 3.95. The number of nitrogens with zero attached hydrogens (tertiary/aromatic N) is 3. The lowest BCUT2D eigenvalue weighted by Crippen LogP contribution is -2.43. The Morgan fingerprint density at radius 2 is 1.46 bits per heavy atom. The van der Waals surface area contributed by atoms with E-state index in [1.54, 1.807) is 19.2 Å². The molecule has 180 valence electrons. The standard InChI is InChI=1S/C24H23N5O5S/c1-34-20-11-7-18(8-12-20)15-28-22(26-19-9-13-21(14-10-19)35(25,32)33)27-23(30)29(24(28)31)16-17-5-3-2-4-6-17/h2-14H,15-16H2,1H3,(H2,25,32,33)(H,26,27,30). The van der Waals surface area contributed by atoms with E-state index in [2.05, 4.69) is 10.3 Å². The Morgan fingerprint density at radius 1 is 0.857 bits per heavy atom. The summed E-state index contributed by atoms with van der Waals surface area (Å²) in [6.07, 6.45) is 0. The van der Waals surface area contributed by atoms with Gasteiger partial charge in [-0.3, -0.25) is 4.57 Å². The lowest BCUT2D eigenvalue weighted by molar-refractivity contribution is 0.414. The van der Waals surface area contributed by atoms with Crippen LogP contribution in [0.2, 0.25) is 0 Å². The molecule has 0 spiro atoms. The highest BCUT2D eigenvalue weighted by Crippen LogP contribution is 2.18. The highest BCUT2D eigenvalue weighted by atomic mass is 32.2. The fourth-order valence-electron chi connectivity index (χ4n) is 3.44. The maximum atomic E-state index is 13.4. The van der Waals surface area contributed by atoms with Crippen LogP contribution < -0.4 is 26.6 Å². The second-order valence-corrected chi connectivity index (χ2v) is 9.26. The summed E-state index contributed by atoms with van der Waals surface area (Å²) >= 11 is 0. The molecule has 0 fully saturated rings. The number of aromatic nitrogens is 3. The molecule has 0 unspecified atom stereocenters. The molecule has 35 heavy (non-hydrogen) atoms. The molecule has 11 heteroatoms. The largest absolute Gasteiger partial charge is 0.497 e. The van der Waals surface area contributed by atoms with Gasteiger partial charge in [0.05, 0.1) is 25.1 Å². The Hall–Kier alpha value is -4.22. The molecule has 4 rings (SSSR count). The van der Waals surface area contributed by atoms with Crippen LogP contribution in [0.5, 0.6) is 5.75 Å². The molecule has 0 aliphatic rings.